The standard InChI is InChI=1S/C20H19FN2O3S/c21-16-5-2-13(3-6-16)9-22-20(24)23-17-11-26-18-15(10-25-19(17)18)4-1-14-7-8-27-12-14/h2-3,5-8,12,15,17-19H,9-11H2,(H2,22,23,24)/t15-,17-,18+,19+/m0/s1. The molecule has 4 rings (SSSR count). The Morgan fingerprint density at radius 2 is 2.00 bits per heavy atom. The van der Waals surface area contributed by atoms with E-state index in [1.54, 1.807) is 23.5 Å². The van der Waals surface area contributed by atoms with Crippen LogP contribution in [-0.4, -0.2) is 37.5 Å². The zero-order valence-corrected chi connectivity index (χ0v) is 15.3. The number of amides is 2. The minimum absolute atomic E-state index is 0.00368. The van der Waals surface area contributed by atoms with Gasteiger partial charge in [-0.2, -0.15) is 11.3 Å². The van der Waals surface area contributed by atoms with Gasteiger partial charge >= 0.3 is 6.03 Å². The van der Waals surface area contributed by atoms with Gasteiger partial charge in [-0.15, -0.1) is 0 Å². The lowest BCUT2D eigenvalue weighted by molar-refractivity contribution is 0.0665. The molecule has 0 aliphatic carbocycles. The number of hydrogen-bond acceptors (Lipinski definition) is 4. The molecule has 5 nitrogen and oxygen atoms in total. The third-order valence-electron chi connectivity index (χ3n) is 4.66. The van der Waals surface area contributed by atoms with E-state index in [2.05, 4.69) is 22.5 Å². The van der Waals surface area contributed by atoms with E-state index >= 15 is 0 Å². The second-order valence-electron chi connectivity index (χ2n) is 6.54. The maximum absolute atomic E-state index is 12.9. The molecule has 0 bridgehead atoms. The van der Waals surface area contributed by atoms with E-state index < -0.39 is 0 Å². The first kappa shape index (κ1) is 18.0. The maximum Gasteiger partial charge on any atom is 0.315 e. The van der Waals surface area contributed by atoms with Gasteiger partial charge in [-0.3, -0.25) is 0 Å². The number of hydrogen-bond donors (Lipinski definition) is 2. The zero-order valence-electron chi connectivity index (χ0n) is 14.5. The average Bonchev–Trinajstić information content (AvgIpc) is 3.39. The van der Waals surface area contributed by atoms with Gasteiger partial charge in [-0.1, -0.05) is 24.0 Å². The SMILES string of the molecule is O=C(NCc1ccc(F)cc1)N[C@H]1CO[C@H]2[C@@H]1OC[C@@H]2C#Cc1ccsc1. The summed E-state index contributed by atoms with van der Waals surface area (Å²) in [5.74, 6) is 6.08. The first-order valence-corrected chi connectivity index (χ1v) is 9.69. The van der Waals surface area contributed by atoms with E-state index in [1.807, 2.05) is 16.8 Å². The molecule has 0 saturated carbocycles. The van der Waals surface area contributed by atoms with Crippen LogP contribution in [0.4, 0.5) is 9.18 Å². The smallest absolute Gasteiger partial charge is 0.315 e. The Bertz CT molecular complexity index is 844. The number of nitrogens with one attached hydrogen (secondary N) is 2. The van der Waals surface area contributed by atoms with Gasteiger partial charge < -0.3 is 20.1 Å². The lowest BCUT2D eigenvalue weighted by atomic mass is 10.0. The lowest BCUT2D eigenvalue weighted by Crippen LogP contribution is -2.48. The molecule has 2 aliphatic heterocycles. The normalized spacial score (nSPS) is 26.1. The van der Waals surface area contributed by atoms with E-state index in [1.165, 1.54) is 12.1 Å². The highest BCUT2D eigenvalue weighted by molar-refractivity contribution is 7.08. The summed E-state index contributed by atoms with van der Waals surface area (Å²) in [6, 6.07) is 7.49. The Morgan fingerprint density at radius 3 is 2.78 bits per heavy atom. The molecule has 27 heavy (non-hydrogen) atoms. The van der Waals surface area contributed by atoms with E-state index in [0.717, 1.165) is 11.1 Å². The maximum atomic E-state index is 12.9. The van der Waals surface area contributed by atoms with Crippen LogP contribution in [0.2, 0.25) is 0 Å². The second kappa shape index (κ2) is 8.09. The monoisotopic (exact) mass is 386 g/mol. The van der Waals surface area contributed by atoms with Gasteiger partial charge in [0.1, 0.15) is 18.0 Å². The number of fused-ring (bicyclic) bond motifs is 1. The Balaban J connectivity index is 1.28. The summed E-state index contributed by atoms with van der Waals surface area (Å²) in [4.78, 5) is 12.2. The molecular weight excluding hydrogens is 367 g/mol. The zero-order chi connectivity index (χ0) is 18.6. The fraction of sp³-hybridized carbons (Fsp3) is 0.350. The Hall–Kier alpha value is -2.40. The average molecular weight is 386 g/mol. The number of thiophene rings is 1. The van der Waals surface area contributed by atoms with Gasteiger partial charge in [0.2, 0.25) is 0 Å². The van der Waals surface area contributed by atoms with E-state index in [-0.39, 0.29) is 36.0 Å². The van der Waals surface area contributed by atoms with Crippen molar-refractivity contribution >= 4 is 17.4 Å². The predicted molar refractivity (Wildman–Crippen MR) is 99.7 cm³/mol. The van der Waals surface area contributed by atoms with Crippen molar-refractivity contribution in [1.82, 2.24) is 10.6 Å². The number of urea groups is 1. The van der Waals surface area contributed by atoms with E-state index in [0.29, 0.717) is 19.8 Å². The van der Waals surface area contributed by atoms with Gasteiger partial charge in [-0.05, 0) is 29.1 Å². The van der Waals surface area contributed by atoms with Crippen LogP contribution in [0.3, 0.4) is 0 Å². The highest BCUT2D eigenvalue weighted by atomic mass is 32.1. The lowest BCUT2D eigenvalue weighted by Gasteiger charge is -2.17. The molecule has 2 N–H and O–H groups in total. The molecule has 2 saturated heterocycles. The highest BCUT2D eigenvalue weighted by Gasteiger charge is 2.47. The van der Waals surface area contributed by atoms with Crippen molar-refractivity contribution in [3.63, 3.8) is 0 Å². The Kier molecular flexibility index (Phi) is 5.39. The van der Waals surface area contributed by atoms with Gasteiger partial charge in [0, 0.05) is 17.5 Å². The highest BCUT2D eigenvalue weighted by Crippen LogP contribution is 2.31. The molecule has 2 fully saturated rings. The molecule has 7 heteroatoms. The molecule has 1 aromatic carbocycles. The van der Waals surface area contributed by atoms with Crippen LogP contribution in [-0.2, 0) is 16.0 Å². The van der Waals surface area contributed by atoms with Crippen LogP contribution in [0.25, 0.3) is 0 Å². The van der Waals surface area contributed by atoms with Crippen LogP contribution in [0, 0.1) is 23.6 Å². The van der Waals surface area contributed by atoms with Gasteiger partial charge in [0.05, 0.1) is 25.2 Å². The van der Waals surface area contributed by atoms with Crippen molar-refractivity contribution in [2.24, 2.45) is 5.92 Å². The van der Waals surface area contributed by atoms with Crippen LogP contribution < -0.4 is 10.6 Å². The number of carbonyl (C=O) groups excluding carboxylic acids is 1. The number of ether oxygens (including phenoxy) is 2. The number of benzene rings is 1. The molecule has 0 unspecified atom stereocenters. The third-order valence-corrected chi connectivity index (χ3v) is 5.34. The van der Waals surface area contributed by atoms with Crippen LogP contribution in [0.15, 0.2) is 41.1 Å². The van der Waals surface area contributed by atoms with E-state index in [4.69, 9.17) is 9.47 Å². The third kappa shape index (κ3) is 4.30. The summed E-state index contributed by atoms with van der Waals surface area (Å²) in [5.41, 5.74) is 1.82. The summed E-state index contributed by atoms with van der Waals surface area (Å²) >= 11 is 1.61. The van der Waals surface area contributed by atoms with Crippen LogP contribution >= 0.6 is 11.3 Å². The van der Waals surface area contributed by atoms with Gasteiger partial charge in [0.25, 0.3) is 0 Å². The fourth-order valence-corrected chi connectivity index (χ4v) is 3.85. The summed E-state index contributed by atoms with van der Waals surface area (Å²) in [7, 11) is 0. The van der Waals surface area contributed by atoms with Crippen molar-refractivity contribution in [1.29, 1.82) is 0 Å². The minimum Gasteiger partial charge on any atom is -0.372 e. The quantitative estimate of drug-likeness (QED) is 0.797. The Labute approximate surface area is 160 Å². The topological polar surface area (TPSA) is 59.6 Å². The molecule has 140 valence electrons. The predicted octanol–water partition coefficient (Wildman–Crippen LogP) is 2.52. The molecule has 2 aliphatic rings. The number of rotatable bonds is 3. The molecule has 2 amide bonds. The minimum atomic E-state index is -0.301. The van der Waals surface area contributed by atoms with Crippen LogP contribution in [0.5, 0.6) is 0 Å². The largest absolute Gasteiger partial charge is 0.372 e. The molecule has 4 atom stereocenters. The molecule has 0 spiro atoms. The van der Waals surface area contributed by atoms with Crippen molar-refractivity contribution in [3.05, 3.63) is 58.0 Å². The van der Waals surface area contributed by atoms with Crippen molar-refractivity contribution in [2.45, 2.75) is 24.8 Å². The molecular formula is C20H19FN2O3S. The first-order valence-electron chi connectivity index (χ1n) is 8.75. The Morgan fingerprint density at radius 1 is 1.19 bits per heavy atom. The molecule has 3 heterocycles. The van der Waals surface area contributed by atoms with Crippen molar-refractivity contribution in [2.75, 3.05) is 13.2 Å². The summed E-state index contributed by atoms with van der Waals surface area (Å²) in [6.45, 7) is 1.22. The number of halogens is 1. The summed E-state index contributed by atoms with van der Waals surface area (Å²) in [5, 5.41) is 9.67. The molecule has 1 aromatic heterocycles. The molecule has 2 aromatic rings. The number of carbonyl (C=O) groups is 1. The van der Waals surface area contributed by atoms with Gasteiger partial charge in [-0.25, -0.2) is 9.18 Å². The summed E-state index contributed by atoms with van der Waals surface area (Å²) < 4.78 is 24.6. The fourth-order valence-electron chi connectivity index (χ4n) is 3.26. The van der Waals surface area contributed by atoms with Crippen molar-refractivity contribution < 1.29 is 18.7 Å². The second-order valence-corrected chi connectivity index (χ2v) is 7.32. The summed E-state index contributed by atoms with van der Waals surface area (Å²) in [6.07, 6.45) is -0.318. The van der Waals surface area contributed by atoms with Crippen molar-refractivity contribution in [3.8, 4) is 11.8 Å². The molecule has 0 radical (unpaired) electrons. The van der Waals surface area contributed by atoms with E-state index in [9.17, 15) is 9.18 Å². The van der Waals surface area contributed by atoms with Crippen LogP contribution in [0.1, 0.15) is 11.1 Å². The van der Waals surface area contributed by atoms with Gasteiger partial charge in [0.15, 0.2) is 0 Å². The first-order chi connectivity index (χ1) is 13.2.